The summed E-state index contributed by atoms with van der Waals surface area (Å²) in [5, 5.41) is 9.98. The zero-order chi connectivity index (χ0) is 32.8. The highest BCUT2D eigenvalue weighted by Crippen LogP contribution is 2.50. The molecule has 1 unspecified atom stereocenters. The van der Waals surface area contributed by atoms with Crippen molar-refractivity contribution in [3.63, 3.8) is 0 Å². The molecule has 11 nitrogen and oxygen atoms in total. The molecular formula is C35H38N4O7. The summed E-state index contributed by atoms with van der Waals surface area (Å²) in [5.41, 5.74) is 4.68. The van der Waals surface area contributed by atoms with E-state index in [-0.39, 0.29) is 23.7 Å². The lowest BCUT2D eigenvalue weighted by Gasteiger charge is -2.19. The van der Waals surface area contributed by atoms with Gasteiger partial charge in [0.2, 0.25) is 23.0 Å². The zero-order valence-corrected chi connectivity index (χ0v) is 26.6. The number of pyridine rings is 1. The molecule has 3 N–H and O–H groups in total. The lowest BCUT2D eigenvalue weighted by Crippen LogP contribution is -2.26. The molecule has 0 bridgehead atoms. The van der Waals surface area contributed by atoms with E-state index in [1.165, 1.54) is 6.92 Å². The minimum atomic E-state index is -0.398. The van der Waals surface area contributed by atoms with Gasteiger partial charge in [0.15, 0.2) is 11.5 Å². The van der Waals surface area contributed by atoms with Crippen LogP contribution < -0.4 is 40.3 Å². The van der Waals surface area contributed by atoms with E-state index in [0.717, 1.165) is 27.6 Å². The number of nitrogens with one attached hydrogen (secondary N) is 3. The lowest BCUT2D eigenvalue weighted by molar-refractivity contribution is -0.119. The third-order valence-electron chi connectivity index (χ3n) is 7.99. The van der Waals surface area contributed by atoms with E-state index in [4.69, 9.17) is 18.9 Å². The van der Waals surface area contributed by atoms with E-state index in [2.05, 4.69) is 20.9 Å². The van der Waals surface area contributed by atoms with E-state index >= 15 is 0 Å². The number of anilines is 2. The van der Waals surface area contributed by atoms with Crippen molar-refractivity contribution in [1.82, 2.24) is 10.3 Å². The van der Waals surface area contributed by atoms with Gasteiger partial charge in [0, 0.05) is 36.9 Å². The van der Waals surface area contributed by atoms with Crippen LogP contribution in [0.15, 0.2) is 59.5 Å². The van der Waals surface area contributed by atoms with Crippen LogP contribution in [-0.4, -0.2) is 51.8 Å². The highest BCUT2D eigenvalue weighted by atomic mass is 16.5. The molecular weight excluding hydrogens is 588 g/mol. The van der Waals surface area contributed by atoms with Gasteiger partial charge in [-0.3, -0.25) is 19.4 Å². The van der Waals surface area contributed by atoms with Crippen LogP contribution in [0.1, 0.15) is 43.4 Å². The molecule has 4 aromatic rings. The van der Waals surface area contributed by atoms with Crippen LogP contribution in [0.3, 0.4) is 0 Å². The fourth-order valence-electron chi connectivity index (χ4n) is 5.85. The molecule has 11 heteroatoms. The first kappa shape index (κ1) is 32.1. The molecule has 3 aromatic carbocycles. The van der Waals surface area contributed by atoms with Crippen LogP contribution in [-0.2, 0) is 16.0 Å². The third kappa shape index (κ3) is 6.83. The molecule has 46 heavy (non-hydrogen) atoms. The number of aryl methyl sites for hydroxylation is 1. The Hall–Kier alpha value is -5.32. The molecule has 1 aromatic heterocycles. The van der Waals surface area contributed by atoms with Gasteiger partial charge in [0.25, 0.3) is 0 Å². The molecule has 0 saturated heterocycles. The van der Waals surface area contributed by atoms with Crippen LogP contribution in [0, 0.1) is 0 Å². The minimum Gasteiger partial charge on any atom is -0.497 e. The molecule has 240 valence electrons. The van der Waals surface area contributed by atoms with Crippen LogP contribution in [0.5, 0.6) is 23.0 Å². The molecule has 0 radical (unpaired) electrons. The molecule has 0 fully saturated rings. The predicted octanol–water partition coefficient (Wildman–Crippen LogP) is 5.25. The molecule has 1 atom stereocenters. The highest BCUT2D eigenvalue weighted by molar-refractivity contribution is 5.93. The Morgan fingerprint density at radius 3 is 2.46 bits per heavy atom. The fraction of sp³-hybridized carbons (Fsp3) is 0.314. The van der Waals surface area contributed by atoms with Crippen molar-refractivity contribution < 1.29 is 28.5 Å². The molecule has 0 aliphatic heterocycles. The number of fused-ring (bicyclic) bond motifs is 4. The number of hydrogen-bond donors (Lipinski definition) is 3. The smallest absolute Gasteiger partial charge is 0.224 e. The zero-order valence-electron chi connectivity index (χ0n) is 26.6. The van der Waals surface area contributed by atoms with Gasteiger partial charge in [-0.25, -0.2) is 0 Å². The normalized spacial score (nSPS) is 13.5. The maximum absolute atomic E-state index is 13.5. The summed E-state index contributed by atoms with van der Waals surface area (Å²) in [7, 11) is 6.28. The first-order chi connectivity index (χ1) is 22.3. The van der Waals surface area contributed by atoms with Gasteiger partial charge in [0.1, 0.15) is 5.75 Å². The van der Waals surface area contributed by atoms with Crippen molar-refractivity contribution in [3.05, 3.63) is 76.1 Å². The van der Waals surface area contributed by atoms with Crippen molar-refractivity contribution in [2.45, 2.75) is 38.6 Å². The molecule has 2 amide bonds. The molecule has 0 saturated carbocycles. The first-order valence-corrected chi connectivity index (χ1v) is 15.0. The Morgan fingerprint density at radius 1 is 0.935 bits per heavy atom. The SMILES string of the molecule is COc1ccc2cc(NC(=O)CCCNc3ccc4c(cc3=O)C(NC(C)=O)CCc3cc(OC)c(OC)c(OC)c3-4)cnc2c1. The van der Waals surface area contributed by atoms with Crippen molar-refractivity contribution in [1.29, 1.82) is 0 Å². The van der Waals surface area contributed by atoms with Gasteiger partial charge in [-0.05, 0) is 72.4 Å². The monoisotopic (exact) mass is 626 g/mol. The Balaban J connectivity index is 1.35. The van der Waals surface area contributed by atoms with Gasteiger partial charge >= 0.3 is 0 Å². The molecule has 1 aliphatic carbocycles. The van der Waals surface area contributed by atoms with Crippen molar-refractivity contribution in [2.75, 3.05) is 45.6 Å². The number of benzene rings is 2. The van der Waals surface area contributed by atoms with Crippen molar-refractivity contribution in [2.24, 2.45) is 0 Å². The van der Waals surface area contributed by atoms with Gasteiger partial charge in [-0.15, -0.1) is 0 Å². The quantitative estimate of drug-likeness (QED) is 0.191. The Labute approximate surface area is 267 Å². The van der Waals surface area contributed by atoms with Gasteiger partial charge in [-0.1, -0.05) is 6.07 Å². The number of aromatic nitrogens is 1. The van der Waals surface area contributed by atoms with Crippen molar-refractivity contribution in [3.8, 4) is 34.1 Å². The topological polar surface area (TPSA) is 137 Å². The molecule has 1 heterocycles. The van der Waals surface area contributed by atoms with Gasteiger partial charge in [-0.2, -0.15) is 0 Å². The number of amides is 2. The van der Waals surface area contributed by atoms with E-state index in [1.807, 2.05) is 36.4 Å². The molecule has 1 aliphatic rings. The number of ether oxygens (including phenoxy) is 4. The summed E-state index contributed by atoms with van der Waals surface area (Å²) in [6.45, 7) is 1.86. The molecule has 0 spiro atoms. The fourth-order valence-corrected chi connectivity index (χ4v) is 5.85. The maximum atomic E-state index is 13.5. The van der Waals surface area contributed by atoms with E-state index < -0.39 is 6.04 Å². The number of hydrogen-bond acceptors (Lipinski definition) is 9. The standard InChI is InChI=1S/C35H38N4O7/c1-20(40)38-27-12-9-22-16-31(44-3)34(45-4)35(46-5)33(22)25-11-13-28(30(41)18-26(25)27)36-14-6-7-32(42)39-23-15-21-8-10-24(43-2)17-29(21)37-19-23/h8,10-11,13,15-19,27H,6-7,9,12,14H2,1-5H3,(H,36,41)(H,38,40)(H,39,42). The van der Waals surface area contributed by atoms with Gasteiger partial charge < -0.3 is 34.9 Å². The largest absolute Gasteiger partial charge is 0.497 e. The number of nitrogens with zero attached hydrogens (tertiary/aromatic N) is 1. The number of methoxy groups -OCH3 is 4. The van der Waals surface area contributed by atoms with E-state index in [9.17, 15) is 14.4 Å². The number of carbonyl (C=O) groups is 2. The summed E-state index contributed by atoms with van der Waals surface area (Å²) in [6, 6.07) is 14.1. The summed E-state index contributed by atoms with van der Waals surface area (Å²) < 4.78 is 22.3. The summed E-state index contributed by atoms with van der Waals surface area (Å²) >= 11 is 0. The average Bonchev–Trinajstić information content (AvgIpc) is 3.29. The van der Waals surface area contributed by atoms with Crippen LogP contribution in [0.4, 0.5) is 11.4 Å². The minimum absolute atomic E-state index is 0.157. The maximum Gasteiger partial charge on any atom is 0.224 e. The second-order valence-corrected chi connectivity index (χ2v) is 11.0. The van der Waals surface area contributed by atoms with Crippen molar-refractivity contribution >= 4 is 34.1 Å². The van der Waals surface area contributed by atoms with E-state index in [0.29, 0.717) is 65.7 Å². The number of rotatable bonds is 11. The second kappa shape index (κ2) is 14.2. The third-order valence-corrected chi connectivity index (χ3v) is 7.99. The van der Waals surface area contributed by atoms with Gasteiger partial charge in [0.05, 0.1) is 57.6 Å². The number of carbonyl (C=O) groups excluding carboxylic acids is 2. The summed E-state index contributed by atoms with van der Waals surface area (Å²) in [4.78, 5) is 42.8. The first-order valence-electron chi connectivity index (χ1n) is 15.0. The van der Waals surface area contributed by atoms with Crippen LogP contribution in [0.25, 0.3) is 22.0 Å². The van der Waals surface area contributed by atoms with Crippen LogP contribution in [0.2, 0.25) is 0 Å². The second-order valence-electron chi connectivity index (χ2n) is 11.0. The summed E-state index contributed by atoms with van der Waals surface area (Å²) in [6.07, 6.45) is 3.53. The Bertz CT molecular complexity index is 1840. The predicted molar refractivity (Wildman–Crippen MR) is 177 cm³/mol. The highest BCUT2D eigenvalue weighted by Gasteiger charge is 2.29. The lowest BCUT2D eigenvalue weighted by atomic mass is 9.95. The Morgan fingerprint density at radius 2 is 1.74 bits per heavy atom. The Kier molecular flexibility index (Phi) is 9.90. The molecule has 5 rings (SSSR count). The average molecular weight is 627 g/mol. The summed E-state index contributed by atoms with van der Waals surface area (Å²) in [5.74, 6) is 1.83. The van der Waals surface area contributed by atoms with Crippen LogP contribution >= 0.6 is 0 Å². The van der Waals surface area contributed by atoms with E-state index in [1.54, 1.807) is 46.8 Å².